The number of Topliss-reactive ketones (excluding diaryl/α,β-unsaturated/α-hetero) is 1. The molecule has 1 amide bonds. The summed E-state index contributed by atoms with van der Waals surface area (Å²) in [6, 6.07) is 12.3. The molecule has 0 unspecified atom stereocenters. The zero-order valence-corrected chi connectivity index (χ0v) is 18.4. The summed E-state index contributed by atoms with van der Waals surface area (Å²) in [6.07, 6.45) is 2.42. The second kappa shape index (κ2) is 9.06. The van der Waals surface area contributed by atoms with Crippen LogP contribution in [0.2, 0.25) is 0 Å². The molecule has 0 atom stereocenters. The van der Waals surface area contributed by atoms with E-state index in [1.54, 1.807) is 11.3 Å². The molecule has 1 aliphatic rings. The number of aryl methyl sites for hydroxylation is 2. The second-order valence-corrected chi connectivity index (χ2v) is 9.36. The van der Waals surface area contributed by atoms with Gasteiger partial charge >= 0.3 is 0 Å². The van der Waals surface area contributed by atoms with Gasteiger partial charge in [0.05, 0.1) is 5.52 Å². The number of fused-ring (bicyclic) bond motifs is 1. The van der Waals surface area contributed by atoms with Crippen LogP contribution in [0.5, 0.6) is 0 Å². The second-order valence-electron chi connectivity index (χ2n) is 7.90. The summed E-state index contributed by atoms with van der Waals surface area (Å²) < 4.78 is 0. The molecule has 3 aromatic rings. The van der Waals surface area contributed by atoms with E-state index in [1.165, 1.54) is 5.56 Å². The fraction of sp³-hybridized carbons (Fsp3) is 0.375. The molecule has 4 rings (SSSR count). The minimum absolute atomic E-state index is 0.0762. The van der Waals surface area contributed by atoms with Gasteiger partial charge in [0.1, 0.15) is 0 Å². The van der Waals surface area contributed by atoms with Gasteiger partial charge in [-0.05, 0) is 31.5 Å². The smallest absolute Gasteiger partial charge is 0.223 e. The van der Waals surface area contributed by atoms with E-state index >= 15 is 0 Å². The van der Waals surface area contributed by atoms with E-state index in [4.69, 9.17) is 0 Å². The molecule has 2 aromatic heterocycles. The largest absolute Gasteiger partial charge is 0.340 e. The monoisotopic (exact) mass is 421 g/mol. The zero-order valence-electron chi connectivity index (χ0n) is 17.6. The summed E-state index contributed by atoms with van der Waals surface area (Å²) in [5.74, 6) is 0.159. The normalized spacial score (nSPS) is 14.9. The van der Waals surface area contributed by atoms with Crippen molar-refractivity contribution in [3.8, 4) is 0 Å². The topological polar surface area (TPSA) is 53.5 Å². The molecule has 0 N–H and O–H groups in total. The predicted octanol–water partition coefficient (Wildman–Crippen LogP) is 4.22. The van der Waals surface area contributed by atoms with E-state index in [9.17, 15) is 9.59 Å². The highest BCUT2D eigenvalue weighted by molar-refractivity contribution is 7.12. The molecular formula is C24H27N3O2S. The molecule has 30 heavy (non-hydrogen) atoms. The summed E-state index contributed by atoms with van der Waals surface area (Å²) in [7, 11) is 0. The Morgan fingerprint density at radius 2 is 1.80 bits per heavy atom. The fourth-order valence-corrected chi connectivity index (χ4v) is 5.05. The van der Waals surface area contributed by atoms with E-state index < -0.39 is 0 Å². The number of para-hydroxylation sites is 1. The van der Waals surface area contributed by atoms with Crippen LogP contribution in [0.3, 0.4) is 0 Å². The van der Waals surface area contributed by atoms with Gasteiger partial charge in [-0.1, -0.05) is 24.3 Å². The number of nitrogens with zero attached hydrogens (tertiary/aromatic N) is 3. The molecule has 0 bridgehead atoms. The molecule has 1 aliphatic heterocycles. The first-order valence-electron chi connectivity index (χ1n) is 10.4. The molecule has 5 nitrogen and oxygen atoms in total. The molecule has 3 heterocycles. The Balaban J connectivity index is 1.28. The lowest BCUT2D eigenvalue weighted by Crippen LogP contribution is -2.48. The minimum atomic E-state index is 0.0762. The molecule has 1 aromatic carbocycles. The number of rotatable bonds is 6. The first-order valence-corrected chi connectivity index (χ1v) is 11.3. The van der Waals surface area contributed by atoms with Crippen LogP contribution >= 0.6 is 11.3 Å². The Bertz CT molecular complexity index is 1060. The summed E-state index contributed by atoms with van der Waals surface area (Å²) in [4.78, 5) is 36.1. The van der Waals surface area contributed by atoms with E-state index in [0.717, 1.165) is 45.9 Å². The number of amides is 1. The Hall–Kier alpha value is -2.57. The third-order valence-electron chi connectivity index (χ3n) is 5.74. The van der Waals surface area contributed by atoms with Crippen molar-refractivity contribution in [2.45, 2.75) is 33.2 Å². The lowest BCUT2D eigenvalue weighted by Gasteiger charge is -2.35. The van der Waals surface area contributed by atoms with E-state index in [1.807, 2.05) is 37.1 Å². The number of piperazine rings is 1. The van der Waals surface area contributed by atoms with Crippen molar-refractivity contribution in [2.75, 3.05) is 26.2 Å². The average molecular weight is 422 g/mol. The Labute approximate surface area is 181 Å². The van der Waals surface area contributed by atoms with Crippen LogP contribution in [0, 0.1) is 13.8 Å². The summed E-state index contributed by atoms with van der Waals surface area (Å²) in [6.45, 7) is 7.91. The van der Waals surface area contributed by atoms with Gasteiger partial charge in [0.2, 0.25) is 5.91 Å². The SMILES string of the molecule is Cc1cc(C(=O)CCC(=O)N2CCN(Cc3cccc4cccnc34)CC2)c(C)s1. The van der Waals surface area contributed by atoms with Crippen molar-refractivity contribution < 1.29 is 9.59 Å². The molecule has 0 aliphatic carbocycles. The number of benzene rings is 1. The Morgan fingerprint density at radius 3 is 2.53 bits per heavy atom. The zero-order chi connectivity index (χ0) is 21.1. The van der Waals surface area contributed by atoms with Gasteiger partial charge in [-0.15, -0.1) is 11.3 Å². The highest BCUT2D eigenvalue weighted by Gasteiger charge is 2.22. The van der Waals surface area contributed by atoms with Crippen molar-refractivity contribution in [3.63, 3.8) is 0 Å². The molecule has 0 saturated carbocycles. The number of pyridine rings is 1. The van der Waals surface area contributed by atoms with Crippen LogP contribution in [0.4, 0.5) is 0 Å². The maximum Gasteiger partial charge on any atom is 0.223 e. The van der Waals surface area contributed by atoms with E-state index in [2.05, 4.69) is 34.1 Å². The van der Waals surface area contributed by atoms with Crippen molar-refractivity contribution in [1.29, 1.82) is 0 Å². The van der Waals surface area contributed by atoms with Gasteiger partial charge in [-0.3, -0.25) is 19.5 Å². The van der Waals surface area contributed by atoms with Gasteiger partial charge in [0.15, 0.2) is 5.78 Å². The number of ketones is 1. The van der Waals surface area contributed by atoms with Gasteiger partial charge in [-0.2, -0.15) is 0 Å². The van der Waals surface area contributed by atoms with Crippen LogP contribution in [0.25, 0.3) is 10.9 Å². The molecule has 0 radical (unpaired) electrons. The molecule has 0 spiro atoms. The highest BCUT2D eigenvalue weighted by atomic mass is 32.1. The minimum Gasteiger partial charge on any atom is -0.340 e. The highest BCUT2D eigenvalue weighted by Crippen LogP contribution is 2.23. The standard InChI is InChI=1S/C24H27N3O2S/c1-17-15-21(18(2)30-17)22(28)8-9-23(29)27-13-11-26(12-14-27)16-20-6-3-5-19-7-4-10-25-24(19)20/h3-7,10,15H,8-9,11-14,16H2,1-2H3. The quantitative estimate of drug-likeness (QED) is 0.559. The maximum absolute atomic E-state index is 12.6. The van der Waals surface area contributed by atoms with Crippen LogP contribution in [-0.2, 0) is 11.3 Å². The number of hydrogen-bond acceptors (Lipinski definition) is 5. The lowest BCUT2D eigenvalue weighted by atomic mass is 10.1. The first kappa shape index (κ1) is 20.7. The molecule has 1 fully saturated rings. The van der Waals surface area contributed by atoms with Crippen molar-refractivity contribution in [1.82, 2.24) is 14.8 Å². The number of hydrogen-bond donors (Lipinski definition) is 0. The van der Waals surface area contributed by atoms with Crippen molar-refractivity contribution >= 4 is 33.9 Å². The first-order chi connectivity index (χ1) is 14.5. The number of thiophene rings is 1. The van der Waals surface area contributed by atoms with Crippen LogP contribution in [0.15, 0.2) is 42.6 Å². The Kier molecular flexibility index (Phi) is 6.25. The molecule has 6 heteroatoms. The van der Waals surface area contributed by atoms with Crippen LogP contribution in [-0.4, -0.2) is 52.7 Å². The molecule has 1 saturated heterocycles. The number of carbonyl (C=O) groups excluding carboxylic acids is 2. The Morgan fingerprint density at radius 1 is 1.03 bits per heavy atom. The third kappa shape index (κ3) is 4.60. The van der Waals surface area contributed by atoms with Crippen molar-refractivity contribution in [3.05, 3.63) is 63.5 Å². The number of carbonyl (C=O) groups is 2. The predicted molar refractivity (Wildman–Crippen MR) is 121 cm³/mol. The van der Waals surface area contributed by atoms with Gasteiger partial charge < -0.3 is 4.90 Å². The van der Waals surface area contributed by atoms with Crippen LogP contribution < -0.4 is 0 Å². The van der Waals surface area contributed by atoms with E-state index in [0.29, 0.717) is 19.5 Å². The summed E-state index contributed by atoms with van der Waals surface area (Å²) >= 11 is 1.64. The fourth-order valence-electron chi connectivity index (χ4n) is 4.11. The molecule has 156 valence electrons. The number of aromatic nitrogens is 1. The van der Waals surface area contributed by atoms with Crippen LogP contribution in [0.1, 0.15) is 38.5 Å². The van der Waals surface area contributed by atoms with Gasteiger partial charge in [0, 0.05) is 72.5 Å². The van der Waals surface area contributed by atoms with Crippen molar-refractivity contribution in [2.24, 2.45) is 0 Å². The lowest BCUT2D eigenvalue weighted by molar-refractivity contribution is -0.132. The van der Waals surface area contributed by atoms with Gasteiger partial charge in [-0.25, -0.2) is 0 Å². The summed E-state index contributed by atoms with van der Waals surface area (Å²) in [5, 5.41) is 1.16. The third-order valence-corrected chi connectivity index (χ3v) is 6.71. The molecular weight excluding hydrogens is 394 g/mol. The maximum atomic E-state index is 12.6. The summed E-state index contributed by atoms with van der Waals surface area (Å²) in [5.41, 5.74) is 3.05. The van der Waals surface area contributed by atoms with E-state index in [-0.39, 0.29) is 18.1 Å². The average Bonchev–Trinajstić information content (AvgIpc) is 3.10. The van der Waals surface area contributed by atoms with Gasteiger partial charge in [0.25, 0.3) is 0 Å².